The summed E-state index contributed by atoms with van der Waals surface area (Å²) in [7, 11) is 0. The Labute approximate surface area is 91.7 Å². The number of carbonyl (C=O) groups excluding carboxylic acids is 1. The molecule has 0 aromatic carbocycles. The van der Waals surface area contributed by atoms with Crippen molar-refractivity contribution >= 4 is 5.97 Å². The van der Waals surface area contributed by atoms with Crippen LogP contribution in [0.1, 0.15) is 51.9 Å². The fraction of sp³-hybridized carbons (Fsp3) is 0.769. The normalized spacial score (nSPS) is 32.9. The monoisotopic (exact) mass is 208 g/mol. The Kier molecular flexibility index (Phi) is 3.45. The standard InChI is InChI=1S/C13H20O2/c1-10-8-9-12(15-13(10)14)11-6-4-2-3-5-7-11/h6,10,12H,2-5,7-9H2,1H3/t10-,12+/m0/s1. The Morgan fingerprint density at radius 3 is 2.93 bits per heavy atom. The van der Waals surface area contributed by atoms with Gasteiger partial charge in [-0.1, -0.05) is 19.4 Å². The fourth-order valence-electron chi connectivity index (χ4n) is 2.43. The SMILES string of the molecule is C[C@H]1CC[C@H](C2=CCCCCC2)OC1=O. The van der Waals surface area contributed by atoms with Crippen LogP contribution in [0.5, 0.6) is 0 Å². The van der Waals surface area contributed by atoms with E-state index in [9.17, 15) is 4.79 Å². The highest BCUT2D eigenvalue weighted by Crippen LogP contribution is 2.29. The number of cyclic esters (lactones) is 1. The molecule has 2 rings (SSSR count). The molecule has 0 aromatic rings. The van der Waals surface area contributed by atoms with Crippen LogP contribution in [0.25, 0.3) is 0 Å². The van der Waals surface area contributed by atoms with E-state index < -0.39 is 0 Å². The number of rotatable bonds is 1. The van der Waals surface area contributed by atoms with Crippen molar-refractivity contribution in [2.45, 2.75) is 58.0 Å². The molecule has 2 atom stereocenters. The molecule has 1 aliphatic heterocycles. The van der Waals surface area contributed by atoms with Crippen LogP contribution in [0.4, 0.5) is 0 Å². The molecule has 15 heavy (non-hydrogen) atoms. The molecule has 0 aromatic heterocycles. The van der Waals surface area contributed by atoms with Gasteiger partial charge in [-0.3, -0.25) is 4.79 Å². The maximum Gasteiger partial charge on any atom is 0.309 e. The van der Waals surface area contributed by atoms with Gasteiger partial charge < -0.3 is 4.74 Å². The third kappa shape index (κ3) is 2.61. The molecule has 0 radical (unpaired) electrons. The van der Waals surface area contributed by atoms with E-state index in [1.54, 1.807) is 0 Å². The number of hydrogen-bond acceptors (Lipinski definition) is 2. The van der Waals surface area contributed by atoms with Crippen molar-refractivity contribution in [3.63, 3.8) is 0 Å². The van der Waals surface area contributed by atoms with Crippen LogP contribution in [0.3, 0.4) is 0 Å². The van der Waals surface area contributed by atoms with Gasteiger partial charge >= 0.3 is 5.97 Å². The molecule has 2 heteroatoms. The number of carbonyl (C=O) groups is 1. The third-order valence-electron chi connectivity index (χ3n) is 3.51. The van der Waals surface area contributed by atoms with Crippen LogP contribution in [0.2, 0.25) is 0 Å². The maximum absolute atomic E-state index is 11.5. The molecule has 2 nitrogen and oxygen atoms in total. The van der Waals surface area contributed by atoms with Gasteiger partial charge in [-0.05, 0) is 44.1 Å². The van der Waals surface area contributed by atoms with Gasteiger partial charge in [-0.15, -0.1) is 0 Å². The summed E-state index contributed by atoms with van der Waals surface area (Å²) < 4.78 is 5.49. The Morgan fingerprint density at radius 2 is 2.13 bits per heavy atom. The lowest BCUT2D eigenvalue weighted by Gasteiger charge is -2.28. The van der Waals surface area contributed by atoms with Crippen LogP contribution in [-0.2, 0) is 9.53 Å². The molecule has 0 amide bonds. The first kappa shape index (κ1) is 10.7. The van der Waals surface area contributed by atoms with Gasteiger partial charge in [0.15, 0.2) is 0 Å². The van der Waals surface area contributed by atoms with Gasteiger partial charge in [0.1, 0.15) is 6.10 Å². The van der Waals surface area contributed by atoms with Crippen LogP contribution >= 0.6 is 0 Å². The molecule has 0 saturated carbocycles. The first-order valence-electron chi connectivity index (χ1n) is 6.17. The van der Waals surface area contributed by atoms with Crippen molar-refractivity contribution in [1.82, 2.24) is 0 Å². The van der Waals surface area contributed by atoms with Crippen molar-refractivity contribution in [3.8, 4) is 0 Å². The molecule has 1 heterocycles. The van der Waals surface area contributed by atoms with Crippen molar-refractivity contribution in [1.29, 1.82) is 0 Å². The molecule has 84 valence electrons. The highest BCUT2D eigenvalue weighted by molar-refractivity contribution is 5.73. The van der Waals surface area contributed by atoms with Gasteiger partial charge in [-0.25, -0.2) is 0 Å². The van der Waals surface area contributed by atoms with Crippen LogP contribution < -0.4 is 0 Å². The van der Waals surface area contributed by atoms with E-state index in [2.05, 4.69) is 6.08 Å². The zero-order valence-electron chi connectivity index (χ0n) is 9.50. The first-order chi connectivity index (χ1) is 7.27. The van der Waals surface area contributed by atoms with E-state index in [4.69, 9.17) is 4.74 Å². The molecule has 0 unspecified atom stereocenters. The predicted molar refractivity (Wildman–Crippen MR) is 59.4 cm³/mol. The second kappa shape index (κ2) is 4.82. The maximum atomic E-state index is 11.5. The largest absolute Gasteiger partial charge is 0.458 e. The molecule has 1 fully saturated rings. The van der Waals surface area contributed by atoms with Gasteiger partial charge in [0.2, 0.25) is 0 Å². The van der Waals surface area contributed by atoms with E-state index >= 15 is 0 Å². The number of esters is 1. The predicted octanol–water partition coefficient (Wildman–Crippen LogP) is 3.22. The minimum Gasteiger partial charge on any atom is -0.458 e. The number of hydrogen-bond donors (Lipinski definition) is 0. The van der Waals surface area contributed by atoms with Crippen LogP contribution in [-0.4, -0.2) is 12.1 Å². The lowest BCUT2D eigenvalue weighted by atomic mass is 9.93. The van der Waals surface area contributed by atoms with E-state index in [1.165, 1.54) is 31.3 Å². The summed E-state index contributed by atoms with van der Waals surface area (Å²) in [6.07, 6.45) is 10.6. The second-order valence-electron chi connectivity index (χ2n) is 4.78. The molecule has 0 N–H and O–H groups in total. The second-order valence-corrected chi connectivity index (χ2v) is 4.78. The molecule has 0 bridgehead atoms. The Hall–Kier alpha value is -0.790. The number of ether oxygens (including phenoxy) is 1. The first-order valence-corrected chi connectivity index (χ1v) is 6.17. The summed E-state index contributed by atoms with van der Waals surface area (Å²) in [6, 6.07) is 0. The molecular formula is C13H20O2. The van der Waals surface area contributed by atoms with Gasteiger partial charge in [0.25, 0.3) is 0 Å². The van der Waals surface area contributed by atoms with E-state index in [0.29, 0.717) is 0 Å². The van der Waals surface area contributed by atoms with E-state index in [1.807, 2.05) is 6.92 Å². The molecule has 1 aliphatic carbocycles. The zero-order valence-corrected chi connectivity index (χ0v) is 9.50. The lowest BCUT2D eigenvalue weighted by molar-refractivity contribution is -0.157. The van der Waals surface area contributed by atoms with Crippen LogP contribution in [0, 0.1) is 5.92 Å². The molecular weight excluding hydrogens is 188 g/mol. The summed E-state index contributed by atoms with van der Waals surface area (Å²) >= 11 is 0. The van der Waals surface area contributed by atoms with Gasteiger partial charge in [-0.2, -0.15) is 0 Å². The quantitative estimate of drug-likeness (QED) is 0.488. The Bertz CT molecular complexity index is 268. The zero-order chi connectivity index (χ0) is 10.7. The lowest BCUT2D eigenvalue weighted by Crippen LogP contribution is -2.30. The summed E-state index contributed by atoms with van der Waals surface area (Å²) in [5.41, 5.74) is 1.38. The topological polar surface area (TPSA) is 26.3 Å². The molecule has 0 spiro atoms. The van der Waals surface area contributed by atoms with E-state index in [-0.39, 0.29) is 18.0 Å². The van der Waals surface area contributed by atoms with Gasteiger partial charge in [0.05, 0.1) is 5.92 Å². The average Bonchev–Trinajstić information content (AvgIpc) is 2.50. The van der Waals surface area contributed by atoms with Crippen molar-refractivity contribution in [3.05, 3.63) is 11.6 Å². The van der Waals surface area contributed by atoms with Gasteiger partial charge in [0, 0.05) is 0 Å². The minimum absolute atomic E-state index is 0.00334. The molecule has 2 aliphatic rings. The number of allylic oxidation sites excluding steroid dienone is 1. The fourth-order valence-corrected chi connectivity index (χ4v) is 2.43. The van der Waals surface area contributed by atoms with Crippen molar-refractivity contribution in [2.75, 3.05) is 0 Å². The summed E-state index contributed by atoms with van der Waals surface area (Å²) in [5, 5.41) is 0. The summed E-state index contributed by atoms with van der Waals surface area (Å²) in [6.45, 7) is 1.96. The minimum atomic E-state index is -0.00334. The third-order valence-corrected chi connectivity index (χ3v) is 3.51. The van der Waals surface area contributed by atoms with E-state index in [0.717, 1.165) is 19.3 Å². The Morgan fingerprint density at radius 1 is 1.27 bits per heavy atom. The van der Waals surface area contributed by atoms with Crippen molar-refractivity contribution < 1.29 is 9.53 Å². The van der Waals surface area contributed by atoms with Crippen LogP contribution in [0.15, 0.2) is 11.6 Å². The van der Waals surface area contributed by atoms with Crippen molar-refractivity contribution in [2.24, 2.45) is 5.92 Å². The highest BCUT2D eigenvalue weighted by Gasteiger charge is 2.28. The highest BCUT2D eigenvalue weighted by atomic mass is 16.5. The Balaban J connectivity index is 1.98. The smallest absolute Gasteiger partial charge is 0.309 e. The average molecular weight is 208 g/mol. The summed E-state index contributed by atoms with van der Waals surface area (Å²) in [4.78, 5) is 11.5. The summed E-state index contributed by atoms with van der Waals surface area (Å²) in [5.74, 6) is 0.101. The molecule has 1 saturated heterocycles.